The number of rotatable bonds is 8. The number of hydrogen-bond acceptors (Lipinski definition) is 2. The van der Waals surface area contributed by atoms with E-state index in [2.05, 4.69) is 0 Å². The first kappa shape index (κ1) is 16.5. The van der Waals surface area contributed by atoms with Crippen LogP contribution in [0.5, 0.6) is 0 Å². The summed E-state index contributed by atoms with van der Waals surface area (Å²) in [7, 11) is 0. The molecule has 0 amide bonds. The summed E-state index contributed by atoms with van der Waals surface area (Å²) in [4.78, 5) is 10.3. The Hall–Kier alpha value is -1.55. The van der Waals surface area contributed by atoms with Gasteiger partial charge in [0.25, 0.3) is 0 Å². The lowest BCUT2D eigenvalue weighted by molar-refractivity contribution is -0.108. The molecular formula is C16H20F2O2. The van der Waals surface area contributed by atoms with Crippen molar-refractivity contribution in [3.05, 3.63) is 48.0 Å². The van der Waals surface area contributed by atoms with Crippen molar-refractivity contribution >= 4 is 6.29 Å². The van der Waals surface area contributed by atoms with Crippen LogP contribution in [0.4, 0.5) is 8.78 Å². The zero-order valence-electron chi connectivity index (χ0n) is 11.5. The highest BCUT2D eigenvalue weighted by atomic mass is 19.3. The van der Waals surface area contributed by atoms with Gasteiger partial charge in [0.05, 0.1) is 0 Å². The van der Waals surface area contributed by atoms with Gasteiger partial charge in [-0.15, -0.1) is 0 Å². The molecule has 0 aliphatic heterocycles. The highest BCUT2D eigenvalue weighted by Crippen LogP contribution is 2.32. The Kier molecular flexibility index (Phi) is 6.52. The Morgan fingerprint density at radius 3 is 2.45 bits per heavy atom. The quantitative estimate of drug-likeness (QED) is 0.583. The van der Waals surface area contributed by atoms with Gasteiger partial charge in [-0.2, -0.15) is 8.78 Å². The van der Waals surface area contributed by atoms with Crippen molar-refractivity contribution < 1.29 is 18.7 Å². The van der Waals surface area contributed by atoms with Gasteiger partial charge >= 0.3 is 5.92 Å². The predicted molar refractivity (Wildman–Crippen MR) is 74.6 cm³/mol. The summed E-state index contributed by atoms with van der Waals surface area (Å²) >= 11 is 0. The maximum absolute atomic E-state index is 14.0. The monoisotopic (exact) mass is 282 g/mol. The number of alkyl halides is 2. The van der Waals surface area contributed by atoms with Gasteiger partial charge in [0, 0.05) is 12.0 Å². The van der Waals surface area contributed by atoms with Gasteiger partial charge in [-0.3, -0.25) is 0 Å². The Labute approximate surface area is 118 Å². The van der Waals surface area contributed by atoms with Crippen molar-refractivity contribution in [2.24, 2.45) is 5.92 Å². The first-order valence-corrected chi connectivity index (χ1v) is 6.75. The Balaban J connectivity index is 2.73. The third kappa shape index (κ3) is 4.53. The minimum atomic E-state index is -3.32. The molecule has 0 aliphatic carbocycles. The number of carbonyl (C=O) groups excluding carboxylic acids is 1. The van der Waals surface area contributed by atoms with Crippen LogP contribution in [0.1, 0.15) is 31.7 Å². The topological polar surface area (TPSA) is 37.3 Å². The van der Waals surface area contributed by atoms with Crippen LogP contribution in [0.2, 0.25) is 0 Å². The van der Waals surface area contributed by atoms with E-state index in [9.17, 15) is 18.7 Å². The highest BCUT2D eigenvalue weighted by molar-refractivity contribution is 5.49. The van der Waals surface area contributed by atoms with E-state index >= 15 is 0 Å². The van der Waals surface area contributed by atoms with Gasteiger partial charge in [-0.05, 0) is 18.8 Å². The summed E-state index contributed by atoms with van der Waals surface area (Å²) in [6.07, 6.45) is 3.40. The van der Waals surface area contributed by atoms with Gasteiger partial charge in [0.1, 0.15) is 12.4 Å². The Bertz CT molecular complexity index is 429. The Morgan fingerprint density at radius 1 is 1.25 bits per heavy atom. The van der Waals surface area contributed by atoms with E-state index in [1.54, 1.807) is 12.1 Å². The highest BCUT2D eigenvalue weighted by Gasteiger charge is 2.38. The zero-order valence-corrected chi connectivity index (χ0v) is 11.5. The standard InChI is InChI=1S/C16H20F2O2/c1-2-13(7-6-12-19)10-11-15(20)16(17,18)14-8-4-3-5-9-14/h3-5,8-13,15,20H,2,6-7H2,1H3. The number of carbonyl (C=O) groups is 1. The lowest BCUT2D eigenvalue weighted by Gasteiger charge is -2.21. The van der Waals surface area contributed by atoms with E-state index in [4.69, 9.17) is 0 Å². The summed E-state index contributed by atoms with van der Waals surface area (Å²) < 4.78 is 28.0. The first-order valence-electron chi connectivity index (χ1n) is 6.75. The van der Waals surface area contributed by atoms with Crippen LogP contribution >= 0.6 is 0 Å². The summed E-state index contributed by atoms with van der Waals surface area (Å²) in [5.74, 6) is -3.29. The first-order chi connectivity index (χ1) is 9.52. The molecule has 0 heterocycles. The SMILES string of the molecule is CCC(C=CC(O)C(F)(F)c1ccccc1)CCC=O. The average molecular weight is 282 g/mol. The molecule has 1 aromatic rings. The number of halogens is 2. The molecule has 1 aromatic carbocycles. The largest absolute Gasteiger partial charge is 0.382 e. The maximum Gasteiger partial charge on any atom is 0.302 e. The minimum absolute atomic E-state index is 0.0291. The minimum Gasteiger partial charge on any atom is -0.382 e. The predicted octanol–water partition coefficient (Wildman–Crippen LogP) is 3.70. The molecule has 110 valence electrons. The third-order valence-electron chi connectivity index (χ3n) is 3.28. The van der Waals surface area contributed by atoms with Crippen molar-refractivity contribution in [2.75, 3.05) is 0 Å². The molecule has 2 unspecified atom stereocenters. The van der Waals surface area contributed by atoms with Gasteiger partial charge in [-0.1, -0.05) is 49.4 Å². The van der Waals surface area contributed by atoms with Crippen molar-refractivity contribution in [1.29, 1.82) is 0 Å². The smallest absolute Gasteiger partial charge is 0.302 e. The second-order valence-electron chi connectivity index (χ2n) is 4.73. The molecule has 0 aliphatic rings. The number of aliphatic hydroxyl groups excluding tert-OH is 1. The van der Waals surface area contributed by atoms with Crippen LogP contribution in [0.15, 0.2) is 42.5 Å². The molecule has 4 heteroatoms. The van der Waals surface area contributed by atoms with E-state index in [1.165, 1.54) is 24.3 Å². The van der Waals surface area contributed by atoms with Crippen LogP contribution < -0.4 is 0 Å². The maximum atomic E-state index is 14.0. The van der Waals surface area contributed by atoms with Crippen LogP contribution in [-0.2, 0) is 10.7 Å². The van der Waals surface area contributed by atoms with Crippen LogP contribution in [0.25, 0.3) is 0 Å². The second kappa shape index (κ2) is 7.90. The molecule has 2 atom stereocenters. The van der Waals surface area contributed by atoms with E-state index in [0.29, 0.717) is 12.8 Å². The van der Waals surface area contributed by atoms with E-state index in [-0.39, 0.29) is 11.5 Å². The number of hydrogen-bond donors (Lipinski definition) is 1. The molecule has 1 N–H and O–H groups in total. The fraction of sp³-hybridized carbons (Fsp3) is 0.438. The number of benzene rings is 1. The van der Waals surface area contributed by atoms with Crippen LogP contribution in [0.3, 0.4) is 0 Å². The third-order valence-corrected chi connectivity index (χ3v) is 3.28. The van der Waals surface area contributed by atoms with Gasteiger partial charge in [0.15, 0.2) is 0 Å². The van der Waals surface area contributed by atoms with E-state index in [0.717, 1.165) is 18.8 Å². The summed E-state index contributed by atoms with van der Waals surface area (Å²) in [6.45, 7) is 1.92. The fourth-order valence-electron chi connectivity index (χ4n) is 1.93. The van der Waals surface area contributed by atoms with Crippen molar-refractivity contribution in [3.8, 4) is 0 Å². The molecule has 0 bridgehead atoms. The van der Waals surface area contributed by atoms with Crippen LogP contribution in [0, 0.1) is 5.92 Å². The molecule has 20 heavy (non-hydrogen) atoms. The number of allylic oxidation sites excluding steroid dienone is 1. The van der Waals surface area contributed by atoms with Crippen molar-refractivity contribution in [3.63, 3.8) is 0 Å². The Morgan fingerprint density at radius 2 is 1.90 bits per heavy atom. The van der Waals surface area contributed by atoms with E-state index < -0.39 is 12.0 Å². The molecule has 2 nitrogen and oxygen atoms in total. The zero-order chi connectivity index (χ0) is 15.0. The summed E-state index contributed by atoms with van der Waals surface area (Å²) in [5, 5.41) is 9.69. The van der Waals surface area contributed by atoms with Crippen molar-refractivity contribution in [2.45, 2.75) is 38.2 Å². The normalized spacial score (nSPS) is 15.2. The molecule has 0 saturated heterocycles. The lowest BCUT2D eigenvalue weighted by Crippen LogP contribution is -2.29. The average Bonchev–Trinajstić information content (AvgIpc) is 2.48. The molecular weight excluding hydrogens is 262 g/mol. The molecule has 0 spiro atoms. The van der Waals surface area contributed by atoms with Gasteiger partial charge in [0.2, 0.25) is 0 Å². The van der Waals surface area contributed by atoms with E-state index in [1.807, 2.05) is 6.92 Å². The molecule has 0 radical (unpaired) electrons. The number of aliphatic hydroxyl groups is 1. The fourth-order valence-corrected chi connectivity index (χ4v) is 1.93. The molecule has 0 aromatic heterocycles. The van der Waals surface area contributed by atoms with Gasteiger partial charge in [-0.25, -0.2) is 0 Å². The molecule has 0 fully saturated rings. The van der Waals surface area contributed by atoms with Gasteiger partial charge < -0.3 is 9.90 Å². The summed E-state index contributed by atoms with van der Waals surface area (Å²) in [5.41, 5.74) is -0.210. The lowest BCUT2D eigenvalue weighted by atomic mass is 9.97. The molecule has 1 rings (SSSR count). The number of aldehydes is 1. The van der Waals surface area contributed by atoms with Crippen molar-refractivity contribution in [1.82, 2.24) is 0 Å². The van der Waals surface area contributed by atoms with Crippen LogP contribution in [-0.4, -0.2) is 17.5 Å². The second-order valence-corrected chi connectivity index (χ2v) is 4.73. The molecule has 0 saturated carbocycles. The summed E-state index contributed by atoms with van der Waals surface area (Å²) in [6, 6.07) is 7.26.